The highest BCUT2D eigenvalue weighted by Crippen LogP contribution is 2.32. The van der Waals surface area contributed by atoms with Crippen LogP contribution in [0.15, 0.2) is 108 Å². The summed E-state index contributed by atoms with van der Waals surface area (Å²) in [5, 5.41) is 24.6. The molecule has 3 fully saturated rings. The predicted molar refractivity (Wildman–Crippen MR) is 217 cm³/mol. The summed E-state index contributed by atoms with van der Waals surface area (Å²) in [4.78, 5) is 42.5. The minimum Gasteiger partial charge on any atom is -0.506 e. The van der Waals surface area contributed by atoms with Crippen molar-refractivity contribution in [3.63, 3.8) is 0 Å². The lowest BCUT2D eigenvalue weighted by Crippen LogP contribution is -2.52. The normalized spacial score (nSPS) is 18.4. The number of piperidine rings is 3. The van der Waals surface area contributed by atoms with Gasteiger partial charge in [-0.1, -0.05) is 79.9 Å². The fourth-order valence-corrected chi connectivity index (χ4v) is 7.96. The van der Waals surface area contributed by atoms with E-state index in [1.165, 1.54) is 12.1 Å². The van der Waals surface area contributed by atoms with Crippen LogP contribution in [0.4, 0.5) is 4.79 Å². The van der Waals surface area contributed by atoms with Crippen LogP contribution in [0.3, 0.4) is 0 Å². The molecule has 1 amide bonds. The van der Waals surface area contributed by atoms with Crippen LogP contribution in [-0.2, 0) is 15.9 Å². The van der Waals surface area contributed by atoms with Crippen molar-refractivity contribution < 1.29 is 34.0 Å². The molecule has 1 aromatic heterocycles. The number of hydrogen-bond donors (Lipinski definition) is 4. The number of amides is 1. The smallest absolute Gasteiger partial charge is 0.408 e. The van der Waals surface area contributed by atoms with Gasteiger partial charge in [-0.15, -0.1) is 0 Å². The summed E-state index contributed by atoms with van der Waals surface area (Å²) in [6.45, 7) is 3.71. The number of unbranched alkanes of at least 4 members (excludes halogenated alkanes) is 3. The molecule has 57 heavy (non-hydrogen) atoms. The molecule has 3 aliphatic rings. The number of aliphatic hydroxyl groups is 1. The maximum Gasteiger partial charge on any atom is 0.408 e. The molecule has 4 N–H and O–H groups in total. The lowest BCUT2D eigenvalue weighted by molar-refractivity contribution is -0.0336. The quantitative estimate of drug-likeness (QED) is 0.0553. The van der Waals surface area contributed by atoms with E-state index in [0.717, 1.165) is 68.4 Å². The fourth-order valence-electron chi connectivity index (χ4n) is 7.96. The van der Waals surface area contributed by atoms with E-state index in [1.54, 1.807) is 24.3 Å². The molecule has 0 radical (unpaired) electrons. The van der Waals surface area contributed by atoms with E-state index in [-0.39, 0.29) is 23.4 Å². The molecular formula is C46H51N3O8. The number of rotatable bonds is 17. The van der Waals surface area contributed by atoms with Crippen LogP contribution in [0.25, 0.3) is 10.9 Å². The van der Waals surface area contributed by atoms with Crippen LogP contribution in [0.2, 0.25) is 0 Å². The Labute approximate surface area is 332 Å². The first kappa shape index (κ1) is 39.6. The van der Waals surface area contributed by atoms with Gasteiger partial charge in [-0.3, -0.25) is 9.69 Å². The summed E-state index contributed by atoms with van der Waals surface area (Å²) < 4.78 is 17.6. The number of aromatic nitrogens is 1. The number of H-pyrrole nitrogens is 1. The largest absolute Gasteiger partial charge is 0.506 e. The van der Waals surface area contributed by atoms with E-state index in [2.05, 4.69) is 15.2 Å². The van der Waals surface area contributed by atoms with E-state index < -0.39 is 18.2 Å². The Hall–Kier alpha value is -5.65. The Morgan fingerprint density at radius 3 is 2.39 bits per heavy atom. The Kier molecular flexibility index (Phi) is 13.2. The number of phenolic OH excluding ortho intramolecular Hbond substituents is 1. The molecule has 5 aromatic rings. The van der Waals surface area contributed by atoms with Gasteiger partial charge >= 0.3 is 12.1 Å². The van der Waals surface area contributed by atoms with E-state index in [4.69, 9.17) is 14.2 Å². The maximum atomic E-state index is 13.2. The first-order valence-corrected chi connectivity index (χ1v) is 20.1. The summed E-state index contributed by atoms with van der Waals surface area (Å²) in [6.07, 6.45) is 5.31. The van der Waals surface area contributed by atoms with Crippen molar-refractivity contribution in [2.75, 3.05) is 32.8 Å². The van der Waals surface area contributed by atoms with Crippen LogP contribution < -0.4 is 15.6 Å². The van der Waals surface area contributed by atoms with Gasteiger partial charge in [0.15, 0.2) is 0 Å². The number of aromatic hydroxyl groups is 1. The second kappa shape index (κ2) is 19.0. The molecule has 298 valence electrons. The van der Waals surface area contributed by atoms with Crippen LogP contribution >= 0.6 is 0 Å². The van der Waals surface area contributed by atoms with E-state index in [0.29, 0.717) is 66.2 Å². The zero-order valence-corrected chi connectivity index (χ0v) is 32.1. The third-order valence-electron chi connectivity index (χ3n) is 11.2. The molecule has 0 saturated carbocycles. The van der Waals surface area contributed by atoms with E-state index in [9.17, 15) is 24.6 Å². The Bertz CT molecular complexity index is 2160. The maximum absolute atomic E-state index is 13.2. The molecule has 4 aromatic carbocycles. The van der Waals surface area contributed by atoms with Crippen LogP contribution in [0.5, 0.6) is 11.5 Å². The predicted octanol–water partition coefficient (Wildman–Crippen LogP) is 7.61. The SMILES string of the molecule is O=C(NC(c1ccccc1)c1cccc(OCCc2ccc(C(=O)OCCCCCC[C@H](O)c3ccc(O)c4[nH]c(=O)ccc34)cc2)c1)O[C@H]1CN2CCC1CC2. The number of hydrogen-bond acceptors (Lipinski definition) is 9. The summed E-state index contributed by atoms with van der Waals surface area (Å²) in [7, 11) is 0. The number of pyridine rings is 1. The average Bonchev–Trinajstić information content (AvgIpc) is 3.23. The van der Waals surface area contributed by atoms with E-state index >= 15 is 0 Å². The third-order valence-corrected chi connectivity index (χ3v) is 11.2. The van der Waals surface area contributed by atoms with Crippen molar-refractivity contribution in [2.45, 2.75) is 69.6 Å². The highest BCUT2D eigenvalue weighted by molar-refractivity contribution is 5.89. The number of ether oxygens (including phenoxy) is 3. The molecule has 2 bridgehead atoms. The minimum atomic E-state index is -0.726. The van der Waals surface area contributed by atoms with Gasteiger partial charge in [0.05, 0.1) is 36.4 Å². The Morgan fingerprint density at radius 2 is 1.61 bits per heavy atom. The molecule has 0 aliphatic carbocycles. The number of nitrogens with one attached hydrogen (secondary N) is 2. The van der Waals surface area contributed by atoms with Crippen molar-refractivity contribution in [3.05, 3.63) is 141 Å². The van der Waals surface area contributed by atoms with Gasteiger partial charge in [0, 0.05) is 24.4 Å². The number of aromatic amines is 1. The highest BCUT2D eigenvalue weighted by atomic mass is 16.6. The topological polar surface area (TPSA) is 150 Å². The zero-order valence-electron chi connectivity index (χ0n) is 32.1. The molecule has 11 heteroatoms. The van der Waals surface area contributed by atoms with Gasteiger partial charge < -0.3 is 34.7 Å². The molecular weight excluding hydrogens is 723 g/mol. The number of aliphatic hydroxyl groups excluding tert-OH is 1. The van der Waals surface area contributed by atoms with Crippen molar-refractivity contribution in [2.24, 2.45) is 5.92 Å². The summed E-state index contributed by atoms with van der Waals surface area (Å²) in [6, 6.07) is 30.8. The monoisotopic (exact) mass is 773 g/mol. The lowest BCUT2D eigenvalue weighted by Gasteiger charge is -2.43. The van der Waals surface area contributed by atoms with Crippen molar-refractivity contribution in [1.82, 2.24) is 15.2 Å². The molecule has 3 saturated heterocycles. The van der Waals surface area contributed by atoms with Gasteiger partial charge in [0.2, 0.25) is 5.56 Å². The number of phenols is 1. The van der Waals surface area contributed by atoms with E-state index in [1.807, 2.05) is 66.7 Å². The molecule has 4 heterocycles. The van der Waals surface area contributed by atoms with Crippen molar-refractivity contribution >= 4 is 23.0 Å². The number of carbonyl (C=O) groups excluding carboxylic acids is 2. The fraction of sp³-hybridized carbons (Fsp3) is 0.370. The molecule has 1 unspecified atom stereocenters. The van der Waals surface area contributed by atoms with Crippen molar-refractivity contribution in [1.29, 1.82) is 0 Å². The van der Waals surface area contributed by atoms with Gasteiger partial charge in [-0.2, -0.15) is 0 Å². The number of fused-ring (bicyclic) bond motifs is 4. The van der Waals surface area contributed by atoms with Gasteiger partial charge in [0.25, 0.3) is 0 Å². The van der Waals surface area contributed by atoms with Crippen molar-refractivity contribution in [3.8, 4) is 11.5 Å². The Morgan fingerprint density at radius 1 is 0.842 bits per heavy atom. The first-order valence-electron chi connectivity index (χ1n) is 20.1. The number of benzene rings is 4. The standard InChI is InChI=1S/C46H51N3O8/c50-39(37-18-20-40(51)44-38(37)19-21-42(52)47-44)13-6-1-2-7-27-56-45(53)34-16-14-31(15-17-34)24-28-55-36-12-8-11-35(29-36)43(33-9-4-3-5-10-33)48-46(54)57-41-30-49-25-22-32(41)23-26-49/h3-5,8-12,14-21,29,32,39,41,43,50-51H,1-2,6-7,13,22-28,30H2,(H,47,52)(H,48,54)/t39-,41-,43?/m0/s1. The molecule has 8 rings (SSSR count). The molecule has 11 nitrogen and oxygen atoms in total. The second-order valence-electron chi connectivity index (χ2n) is 15.1. The summed E-state index contributed by atoms with van der Waals surface area (Å²) in [5.74, 6) is 0.728. The van der Waals surface area contributed by atoms with Gasteiger partial charge in [0.1, 0.15) is 17.6 Å². The van der Waals surface area contributed by atoms with Crippen LogP contribution in [-0.4, -0.2) is 71.1 Å². The number of esters is 1. The second-order valence-corrected chi connectivity index (χ2v) is 15.1. The van der Waals surface area contributed by atoms with Crippen LogP contribution in [0.1, 0.15) is 89.7 Å². The Balaban J connectivity index is 0.823. The highest BCUT2D eigenvalue weighted by Gasteiger charge is 2.37. The number of carbonyl (C=O) groups is 2. The number of nitrogens with zero attached hydrogens (tertiary/aromatic N) is 1. The lowest BCUT2D eigenvalue weighted by atomic mass is 9.86. The average molecular weight is 774 g/mol. The number of alkyl carbamates (subject to hydrolysis) is 1. The zero-order chi connectivity index (χ0) is 39.6. The first-order chi connectivity index (χ1) is 27.8. The minimum absolute atomic E-state index is 0.0317. The molecule has 3 aliphatic heterocycles. The van der Waals surface area contributed by atoms with Crippen LogP contribution in [0, 0.1) is 5.92 Å². The summed E-state index contributed by atoms with van der Waals surface area (Å²) in [5.41, 5.74) is 4.04. The van der Waals surface area contributed by atoms with Gasteiger partial charge in [-0.25, -0.2) is 9.59 Å². The molecule has 0 spiro atoms. The molecule has 3 atom stereocenters. The third kappa shape index (κ3) is 10.4. The van der Waals surface area contributed by atoms with Gasteiger partial charge in [-0.05, 0) is 103 Å². The summed E-state index contributed by atoms with van der Waals surface area (Å²) >= 11 is 0.